The van der Waals surface area contributed by atoms with E-state index in [2.05, 4.69) is 41.6 Å². The van der Waals surface area contributed by atoms with Gasteiger partial charge in [0, 0.05) is 16.8 Å². The van der Waals surface area contributed by atoms with Crippen LogP contribution in [0.3, 0.4) is 0 Å². The minimum absolute atomic E-state index is 0.155. The lowest BCUT2D eigenvalue weighted by Gasteiger charge is -2.11. The summed E-state index contributed by atoms with van der Waals surface area (Å²) in [4.78, 5) is 17.1. The number of carbonyl (C=O) groups is 1. The van der Waals surface area contributed by atoms with Crippen LogP contribution in [0, 0.1) is 0 Å². The first-order valence-electron chi connectivity index (χ1n) is 10.9. The van der Waals surface area contributed by atoms with Crippen molar-refractivity contribution >= 4 is 51.6 Å². The van der Waals surface area contributed by atoms with Gasteiger partial charge in [-0.2, -0.15) is 0 Å². The Bertz CT molecular complexity index is 1350. The highest BCUT2D eigenvalue weighted by Crippen LogP contribution is 2.28. The zero-order chi connectivity index (χ0) is 24.2. The van der Waals surface area contributed by atoms with Crippen LogP contribution < -0.4 is 15.4 Å². The summed E-state index contributed by atoms with van der Waals surface area (Å²) < 4.78 is 11.3. The van der Waals surface area contributed by atoms with Gasteiger partial charge in [0.2, 0.25) is 5.89 Å². The largest absolute Gasteiger partial charge is 0.492 e. The highest BCUT2D eigenvalue weighted by Gasteiger charge is 2.13. The third kappa shape index (κ3) is 5.38. The van der Waals surface area contributed by atoms with Crippen LogP contribution in [-0.2, 0) is 0 Å². The fourth-order valence-corrected chi connectivity index (χ4v) is 3.84. The molecule has 0 atom stereocenters. The van der Waals surface area contributed by atoms with Crippen LogP contribution in [0.5, 0.6) is 5.75 Å². The van der Waals surface area contributed by atoms with Crippen LogP contribution >= 0.6 is 23.8 Å². The first-order chi connectivity index (χ1) is 16.3. The number of carbonyl (C=O) groups excluding carboxylic acids is 1. The van der Waals surface area contributed by atoms with Crippen LogP contribution in [0.1, 0.15) is 42.6 Å². The summed E-state index contributed by atoms with van der Waals surface area (Å²) in [5, 5.41) is 6.18. The van der Waals surface area contributed by atoms with Crippen molar-refractivity contribution in [3.8, 4) is 17.2 Å². The van der Waals surface area contributed by atoms with Gasteiger partial charge in [-0.05, 0) is 79.2 Å². The molecule has 0 bridgehead atoms. The van der Waals surface area contributed by atoms with E-state index in [0.29, 0.717) is 51.5 Å². The van der Waals surface area contributed by atoms with Crippen LogP contribution in [0.2, 0.25) is 5.02 Å². The van der Waals surface area contributed by atoms with E-state index >= 15 is 0 Å². The first-order valence-corrected chi connectivity index (χ1v) is 11.7. The highest BCUT2D eigenvalue weighted by atomic mass is 35.5. The van der Waals surface area contributed by atoms with E-state index in [1.54, 1.807) is 18.2 Å². The molecule has 0 saturated heterocycles. The fourth-order valence-electron chi connectivity index (χ4n) is 3.39. The van der Waals surface area contributed by atoms with Gasteiger partial charge in [-0.1, -0.05) is 37.6 Å². The quantitative estimate of drug-likeness (QED) is 0.288. The number of oxazole rings is 1. The van der Waals surface area contributed by atoms with Crippen molar-refractivity contribution in [2.45, 2.75) is 26.7 Å². The van der Waals surface area contributed by atoms with Gasteiger partial charge in [-0.25, -0.2) is 4.98 Å². The second kappa shape index (κ2) is 10.2. The van der Waals surface area contributed by atoms with E-state index in [0.717, 1.165) is 5.56 Å². The number of halogens is 1. The molecule has 0 radical (unpaired) electrons. The summed E-state index contributed by atoms with van der Waals surface area (Å²) in [6.07, 6.45) is 0. The molecular weight excluding hydrogens is 470 g/mol. The number of amides is 1. The van der Waals surface area contributed by atoms with E-state index in [4.69, 9.17) is 33.0 Å². The number of nitrogens with zero attached hydrogens (tertiary/aromatic N) is 1. The minimum atomic E-state index is -0.378. The van der Waals surface area contributed by atoms with Crippen molar-refractivity contribution in [3.63, 3.8) is 0 Å². The summed E-state index contributed by atoms with van der Waals surface area (Å²) in [5.74, 6) is 1.16. The van der Waals surface area contributed by atoms with E-state index in [1.807, 2.05) is 37.3 Å². The fraction of sp³-hybridized carbons (Fsp3) is 0.192. The second-order valence-corrected chi connectivity index (χ2v) is 8.78. The summed E-state index contributed by atoms with van der Waals surface area (Å²) in [6.45, 7) is 6.66. The normalized spacial score (nSPS) is 11.0. The Morgan fingerprint density at radius 1 is 1.12 bits per heavy atom. The number of thiocarbonyl (C=S) groups is 1. The molecule has 2 N–H and O–H groups in total. The molecule has 0 spiro atoms. The minimum Gasteiger partial charge on any atom is -0.492 e. The number of aromatic nitrogens is 1. The maximum atomic E-state index is 12.5. The number of ether oxygens (including phenoxy) is 1. The van der Waals surface area contributed by atoms with Crippen LogP contribution in [0.15, 0.2) is 65.1 Å². The van der Waals surface area contributed by atoms with Crippen LogP contribution in [-0.4, -0.2) is 22.6 Å². The summed E-state index contributed by atoms with van der Waals surface area (Å²) in [6, 6.07) is 18.5. The Balaban J connectivity index is 1.44. The summed E-state index contributed by atoms with van der Waals surface area (Å²) >= 11 is 11.5. The van der Waals surface area contributed by atoms with E-state index in [1.165, 1.54) is 5.56 Å². The average molecular weight is 494 g/mol. The van der Waals surface area contributed by atoms with Crippen molar-refractivity contribution in [1.82, 2.24) is 10.3 Å². The van der Waals surface area contributed by atoms with E-state index in [-0.39, 0.29) is 11.0 Å². The lowest BCUT2D eigenvalue weighted by molar-refractivity contribution is 0.0977. The summed E-state index contributed by atoms with van der Waals surface area (Å²) in [7, 11) is 0. The topological polar surface area (TPSA) is 76.4 Å². The maximum absolute atomic E-state index is 12.5. The molecule has 34 heavy (non-hydrogen) atoms. The molecule has 0 aliphatic carbocycles. The predicted molar refractivity (Wildman–Crippen MR) is 140 cm³/mol. The van der Waals surface area contributed by atoms with Gasteiger partial charge < -0.3 is 14.5 Å². The van der Waals surface area contributed by atoms with Gasteiger partial charge in [-0.3, -0.25) is 10.1 Å². The van der Waals surface area contributed by atoms with Crippen molar-refractivity contribution in [3.05, 3.63) is 76.8 Å². The van der Waals surface area contributed by atoms with E-state index < -0.39 is 0 Å². The molecular formula is C26H24ClN3O3S. The Labute approximate surface area is 208 Å². The maximum Gasteiger partial charge on any atom is 0.257 e. The number of nitrogens with one attached hydrogen (secondary N) is 2. The van der Waals surface area contributed by atoms with Crippen molar-refractivity contribution in [2.24, 2.45) is 0 Å². The SMILES string of the molecule is CCOc1ccc(C(=O)NC(=S)Nc2ccc3oc(-c4ccc(C(C)C)cc4)nc3c2)cc1Cl. The standard InChI is InChI=1S/C26H24ClN3O3S/c1-4-32-22-11-9-18(13-20(22)27)24(31)30-26(34)28-19-10-12-23-21(14-19)29-25(33-23)17-7-5-16(6-8-17)15(2)3/h5-15H,4H2,1-3H3,(H2,28,30,31,34). The third-order valence-electron chi connectivity index (χ3n) is 5.19. The van der Waals surface area contributed by atoms with Gasteiger partial charge in [0.15, 0.2) is 10.7 Å². The molecule has 1 heterocycles. The Hall–Kier alpha value is -3.42. The zero-order valence-electron chi connectivity index (χ0n) is 19.0. The number of hydrogen-bond donors (Lipinski definition) is 2. The van der Waals surface area contributed by atoms with Crippen molar-refractivity contribution < 1.29 is 13.9 Å². The second-order valence-electron chi connectivity index (χ2n) is 7.96. The number of anilines is 1. The molecule has 0 saturated carbocycles. The van der Waals surface area contributed by atoms with Gasteiger partial charge in [0.25, 0.3) is 5.91 Å². The van der Waals surface area contributed by atoms with E-state index in [9.17, 15) is 4.79 Å². The van der Waals surface area contributed by atoms with Gasteiger partial charge >= 0.3 is 0 Å². The Kier molecular flexibility index (Phi) is 7.14. The molecule has 0 fully saturated rings. The number of fused-ring (bicyclic) bond motifs is 1. The molecule has 4 aromatic rings. The highest BCUT2D eigenvalue weighted by molar-refractivity contribution is 7.80. The Morgan fingerprint density at radius 3 is 2.56 bits per heavy atom. The molecule has 1 amide bonds. The molecule has 3 aromatic carbocycles. The molecule has 0 unspecified atom stereocenters. The molecule has 4 rings (SSSR count). The summed E-state index contributed by atoms with van der Waals surface area (Å²) in [5.41, 5.74) is 4.56. The molecule has 6 nitrogen and oxygen atoms in total. The molecule has 0 aliphatic rings. The smallest absolute Gasteiger partial charge is 0.257 e. The number of benzene rings is 3. The third-order valence-corrected chi connectivity index (χ3v) is 5.69. The molecule has 8 heteroatoms. The predicted octanol–water partition coefficient (Wildman–Crippen LogP) is 6.80. The number of rotatable bonds is 6. The van der Waals surface area contributed by atoms with Crippen molar-refractivity contribution in [2.75, 3.05) is 11.9 Å². The average Bonchev–Trinajstić information content (AvgIpc) is 3.24. The van der Waals surface area contributed by atoms with Crippen molar-refractivity contribution in [1.29, 1.82) is 0 Å². The first kappa shape index (κ1) is 23.7. The van der Waals surface area contributed by atoms with Crippen LogP contribution in [0.4, 0.5) is 5.69 Å². The van der Waals surface area contributed by atoms with Crippen LogP contribution in [0.25, 0.3) is 22.6 Å². The Morgan fingerprint density at radius 2 is 1.88 bits per heavy atom. The van der Waals surface area contributed by atoms with Gasteiger partial charge in [0.1, 0.15) is 11.3 Å². The molecule has 1 aromatic heterocycles. The lowest BCUT2D eigenvalue weighted by atomic mass is 10.0. The van der Waals surface area contributed by atoms with Gasteiger partial charge in [-0.15, -0.1) is 0 Å². The van der Waals surface area contributed by atoms with Gasteiger partial charge in [0.05, 0.1) is 11.6 Å². The number of hydrogen-bond acceptors (Lipinski definition) is 5. The lowest BCUT2D eigenvalue weighted by Crippen LogP contribution is -2.34. The zero-order valence-corrected chi connectivity index (χ0v) is 20.6. The molecule has 0 aliphatic heterocycles. The molecule has 174 valence electrons. The monoisotopic (exact) mass is 493 g/mol.